The summed E-state index contributed by atoms with van der Waals surface area (Å²) in [4.78, 5) is 21.0. The lowest BCUT2D eigenvalue weighted by Crippen LogP contribution is -2.01. The van der Waals surface area contributed by atoms with Gasteiger partial charge in [0.2, 0.25) is 0 Å². The Morgan fingerprint density at radius 1 is 1.41 bits per heavy atom. The van der Waals surface area contributed by atoms with E-state index in [4.69, 9.17) is 4.74 Å². The summed E-state index contributed by atoms with van der Waals surface area (Å²) in [5, 5.41) is 10.4. The summed E-state index contributed by atoms with van der Waals surface area (Å²) in [6.45, 7) is 0.0604. The maximum absolute atomic E-state index is 11.1. The number of nitrogens with zero attached hydrogens (tertiary/aromatic N) is 1. The van der Waals surface area contributed by atoms with E-state index in [-0.39, 0.29) is 12.3 Å². The molecule has 1 aromatic rings. The van der Waals surface area contributed by atoms with Gasteiger partial charge in [0.15, 0.2) is 0 Å². The zero-order chi connectivity index (χ0) is 12.7. The largest absolute Gasteiger partial charge is 0.504 e. The van der Waals surface area contributed by atoms with E-state index in [1.807, 2.05) is 0 Å². The van der Waals surface area contributed by atoms with E-state index >= 15 is 0 Å². The van der Waals surface area contributed by atoms with Gasteiger partial charge < -0.3 is 9.47 Å². The molecule has 0 saturated heterocycles. The minimum absolute atomic E-state index is 0.000597. The summed E-state index contributed by atoms with van der Waals surface area (Å²) in [5.41, 5.74) is 0.675. The van der Waals surface area contributed by atoms with Crippen LogP contribution >= 0.6 is 0 Å². The van der Waals surface area contributed by atoms with Crippen molar-refractivity contribution in [3.8, 4) is 0 Å². The molecule has 90 valence electrons. The molecule has 0 amide bonds. The zero-order valence-electron chi connectivity index (χ0n) is 9.16. The van der Waals surface area contributed by atoms with E-state index in [0.717, 1.165) is 6.08 Å². The smallest absolute Gasteiger partial charge is 0.334 e. The predicted molar refractivity (Wildman–Crippen MR) is 59.0 cm³/mol. The van der Waals surface area contributed by atoms with Crippen molar-refractivity contribution in [3.63, 3.8) is 0 Å². The third kappa shape index (κ3) is 4.33. The standard InChI is InChI=1S/C11H11NO5/c1-16-7-6-11(13)17-8-9-2-4-10(5-3-9)12(14)15/h2-7H,8H2,1H3/b7-6+. The van der Waals surface area contributed by atoms with Gasteiger partial charge in [-0.3, -0.25) is 10.1 Å². The Morgan fingerprint density at radius 2 is 2.06 bits per heavy atom. The SMILES string of the molecule is CO/C=C/C(=O)OCc1ccc([N+](=O)[O-])cc1. The number of hydrogen-bond acceptors (Lipinski definition) is 5. The summed E-state index contributed by atoms with van der Waals surface area (Å²) in [7, 11) is 1.42. The lowest BCUT2D eigenvalue weighted by atomic mass is 10.2. The van der Waals surface area contributed by atoms with Crippen LogP contribution in [-0.4, -0.2) is 18.0 Å². The Bertz CT molecular complexity index is 424. The minimum atomic E-state index is -0.537. The van der Waals surface area contributed by atoms with Gasteiger partial charge in [-0.1, -0.05) is 0 Å². The lowest BCUT2D eigenvalue weighted by molar-refractivity contribution is -0.384. The number of methoxy groups -OCH3 is 1. The molecular weight excluding hydrogens is 226 g/mol. The molecule has 1 rings (SSSR count). The average Bonchev–Trinajstić information content (AvgIpc) is 2.34. The number of hydrogen-bond donors (Lipinski definition) is 0. The quantitative estimate of drug-likeness (QED) is 0.256. The summed E-state index contributed by atoms with van der Waals surface area (Å²) in [6, 6.07) is 5.78. The average molecular weight is 237 g/mol. The molecule has 0 spiro atoms. The van der Waals surface area contributed by atoms with Crippen LogP contribution in [0.25, 0.3) is 0 Å². The van der Waals surface area contributed by atoms with Gasteiger partial charge in [-0.2, -0.15) is 0 Å². The summed E-state index contributed by atoms with van der Waals surface area (Å²) in [6.07, 6.45) is 2.35. The van der Waals surface area contributed by atoms with Crippen LogP contribution in [0, 0.1) is 10.1 Å². The van der Waals surface area contributed by atoms with E-state index in [9.17, 15) is 14.9 Å². The van der Waals surface area contributed by atoms with Crippen LogP contribution in [0.1, 0.15) is 5.56 Å². The molecule has 6 nitrogen and oxygen atoms in total. The first-order chi connectivity index (χ1) is 8.13. The molecule has 6 heteroatoms. The van der Waals surface area contributed by atoms with Crippen molar-refractivity contribution in [1.29, 1.82) is 0 Å². The van der Waals surface area contributed by atoms with Crippen LogP contribution in [0.2, 0.25) is 0 Å². The Balaban J connectivity index is 2.50. The molecule has 0 atom stereocenters. The number of benzene rings is 1. The zero-order valence-corrected chi connectivity index (χ0v) is 9.16. The molecule has 0 N–H and O–H groups in total. The molecule has 1 aromatic carbocycles. The van der Waals surface area contributed by atoms with Crippen molar-refractivity contribution in [2.45, 2.75) is 6.61 Å². The topological polar surface area (TPSA) is 78.7 Å². The van der Waals surface area contributed by atoms with Gasteiger partial charge in [-0.15, -0.1) is 0 Å². The fourth-order valence-electron chi connectivity index (χ4n) is 1.04. The number of carbonyl (C=O) groups is 1. The molecule has 0 radical (unpaired) electrons. The van der Waals surface area contributed by atoms with Crippen LogP contribution < -0.4 is 0 Å². The second-order valence-corrected chi connectivity index (χ2v) is 3.07. The number of ether oxygens (including phenoxy) is 2. The maximum Gasteiger partial charge on any atom is 0.334 e. The van der Waals surface area contributed by atoms with E-state index in [1.54, 1.807) is 0 Å². The van der Waals surface area contributed by atoms with Crippen molar-refractivity contribution in [2.24, 2.45) is 0 Å². The van der Waals surface area contributed by atoms with Gasteiger partial charge in [0, 0.05) is 12.1 Å². The molecule has 0 fully saturated rings. The second-order valence-electron chi connectivity index (χ2n) is 3.07. The summed E-state index contributed by atoms with van der Waals surface area (Å²) < 4.78 is 9.41. The highest BCUT2D eigenvalue weighted by Gasteiger charge is 2.04. The van der Waals surface area contributed by atoms with Gasteiger partial charge in [-0.25, -0.2) is 4.79 Å². The fourth-order valence-corrected chi connectivity index (χ4v) is 1.04. The molecule has 0 aromatic heterocycles. The molecule has 17 heavy (non-hydrogen) atoms. The van der Waals surface area contributed by atoms with Gasteiger partial charge in [-0.05, 0) is 17.7 Å². The highest BCUT2D eigenvalue weighted by atomic mass is 16.6. The van der Waals surface area contributed by atoms with Crippen molar-refractivity contribution >= 4 is 11.7 Å². The van der Waals surface area contributed by atoms with Gasteiger partial charge in [0.25, 0.3) is 5.69 Å². The van der Waals surface area contributed by atoms with Crippen LogP contribution in [0.15, 0.2) is 36.6 Å². The Labute approximate surface area is 97.6 Å². The molecule has 0 heterocycles. The third-order valence-electron chi connectivity index (χ3n) is 1.87. The minimum Gasteiger partial charge on any atom is -0.504 e. The molecule has 0 unspecified atom stereocenters. The molecule has 0 saturated carbocycles. The first-order valence-corrected chi connectivity index (χ1v) is 4.73. The van der Waals surface area contributed by atoms with Crippen molar-refractivity contribution < 1.29 is 19.2 Å². The Hall–Kier alpha value is -2.37. The van der Waals surface area contributed by atoms with Crippen molar-refractivity contribution in [1.82, 2.24) is 0 Å². The summed E-state index contributed by atoms with van der Waals surface area (Å²) >= 11 is 0. The first kappa shape index (κ1) is 12.7. The Kier molecular flexibility index (Phi) is 4.68. The second kappa shape index (κ2) is 6.26. The Morgan fingerprint density at radius 3 is 2.59 bits per heavy atom. The number of carbonyl (C=O) groups excluding carboxylic acids is 1. The van der Waals surface area contributed by atoms with Crippen LogP contribution in [0.3, 0.4) is 0 Å². The lowest BCUT2D eigenvalue weighted by Gasteiger charge is -2.01. The van der Waals surface area contributed by atoms with E-state index in [2.05, 4.69) is 4.74 Å². The number of esters is 1. The highest BCUT2D eigenvalue weighted by Crippen LogP contribution is 2.12. The predicted octanol–water partition coefficient (Wildman–Crippen LogP) is 1.80. The number of rotatable bonds is 5. The number of nitro benzene ring substituents is 1. The number of non-ortho nitro benzene ring substituents is 1. The number of nitro groups is 1. The molecule has 0 aliphatic heterocycles. The van der Waals surface area contributed by atoms with E-state index < -0.39 is 10.9 Å². The van der Waals surface area contributed by atoms with E-state index in [1.165, 1.54) is 37.6 Å². The monoisotopic (exact) mass is 237 g/mol. The van der Waals surface area contributed by atoms with Crippen LogP contribution in [-0.2, 0) is 20.9 Å². The first-order valence-electron chi connectivity index (χ1n) is 4.73. The van der Waals surface area contributed by atoms with Crippen LogP contribution in [0.4, 0.5) is 5.69 Å². The van der Waals surface area contributed by atoms with Crippen molar-refractivity contribution in [3.05, 3.63) is 52.3 Å². The van der Waals surface area contributed by atoms with Crippen LogP contribution in [0.5, 0.6) is 0 Å². The van der Waals surface area contributed by atoms with Gasteiger partial charge >= 0.3 is 5.97 Å². The molecular formula is C11H11NO5. The highest BCUT2D eigenvalue weighted by molar-refractivity contribution is 5.81. The molecule has 0 aliphatic carbocycles. The molecule has 0 aliphatic rings. The van der Waals surface area contributed by atoms with Gasteiger partial charge in [0.1, 0.15) is 6.61 Å². The summed E-state index contributed by atoms with van der Waals surface area (Å²) in [5.74, 6) is -0.537. The van der Waals surface area contributed by atoms with Crippen molar-refractivity contribution in [2.75, 3.05) is 7.11 Å². The molecule has 0 bridgehead atoms. The normalized spacial score (nSPS) is 10.2. The maximum atomic E-state index is 11.1. The fraction of sp³-hybridized carbons (Fsp3) is 0.182. The van der Waals surface area contributed by atoms with Gasteiger partial charge in [0.05, 0.1) is 24.4 Å². The third-order valence-corrected chi connectivity index (χ3v) is 1.87. The van der Waals surface area contributed by atoms with E-state index in [0.29, 0.717) is 5.56 Å².